The second kappa shape index (κ2) is 14.1. The molecule has 0 bridgehead atoms. The van der Waals surface area contributed by atoms with Crippen molar-refractivity contribution in [2.24, 2.45) is 0 Å². The molecular formula is C32H36ClN5O3S. The number of methoxy groups -OCH3 is 1. The molecule has 0 aliphatic carbocycles. The summed E-state index contributed by atoms with van der Waals surface area (Å²) >= 11 is 12.1. The molecule has 2 fully saturated rings. The zero-order chi connectivity index (χ0) is 29.5. The van der Waals surface area contributed by atoms with Gasteiger partial charge in [0.05, 0.1) is 19.2 Å². The third-order valence-electron chi connectivity index (χ3n) is 7.72. The van der Waals surface area contributed by atoms with Crippen LogP contribution in [0.2, 0.25) is 5.02 Å². The molecule has 42 heavy (non-hydrogen) atoms. The Morgan fingerprint density at radius 3 is 2.36 bits per heavy atom. The fourth-order valence-corrected chi connectivity index (χ4v) is 6.08. The molecule has 220 valence electrons. The van der Waals surface area contributed by atoms with Gasteiger partial charge in [-0.25, -0.2) is 0 Å². The molecule has 1 N–H and O–H groups in total. The third-order valence-corrected chi connectivity index (χ3v) is 8.38. The van der Waals surface area contributed by atoms with E-state index in [0.717, 1.165) is 45.7 Å². The Labute approximate surface area is 257 Å². The van der Waals surface area contributed by atoms with Crippen LogP contribution in [0.3, 0.4) is 0 Å². The van der Waals surface area contributed by atoms with Crippen molar-refractivity contribution >= 4 is 52.1 Å². The van der Waals surface area contributed by atoms with E-state index in [9.17, 15) is 9.59 Å². The van der Waals surface area contributed by atoms with Gasteiger partial charge in [-0.05, 0) is 73.2 Å². The second-order valence-electron chi connectivity index (χ2n) is 10.6. The Hall–Kier alpha value is -3.50. The average Bonchev–Trinajstić information content (AvgIpc) is 3.22. The van der Waals surface area contributed by atoms with Crippen molar-refractivity contribution in [1.29, 1.82) is 0 Å². The number of hydrogen-bond donors (Lipinski definition) is 1. The largest absolute Gasteiger partial charge is 0.497 e. The highest BCUT2D eigenvalue weighted by atomic mass is 35.5. The van der Waals surface area contributed by atoms with E-state index in [0.29, 0.717) is 33.8 Å². The summed E-state index contributed by atoms with van der Waals surface area (Å²) in [4.78, 5) is 35.1. The molecular weight excluding hydrogens is 570 g/mol. The average molecular weight is 606 g/mol. The summed E-state index contributed by atoms with van der Waals surface area (Å²) in [6, 6.07) is 24.0. The molecule has 0 saturated carbocycles. The van der Waals surface area contributed by atoms with Crippen LogP contribution >= 0.6 is 23.8 Å². The Morgan fingerprint density at radius 2 is 1.67 bits per heavy atom. The molecule has 2 heterocycles. The molecule has 5 rings (SSSR count). The molecule has 2 saturated heterocycles. The highest BCUT2D eigenvalue weighted by Gasteiger charge is 2.44. The second-order valence-corrected chi connectivity index (χ2v) is 11.4. The third kappa shape index (κ3) is 7.46. The van der Waals surface area contributed by atoms with Crippen molar-refractivity contribution in [3.05, 3.63) is 89.4 Å². The zero-order valence-corrected chi connectivity index (χ0v) is 25.3. The van der Waals surface area contributed by atoms with Crippen LogP contribution in [0.25, 0.3) is 0 Å². The lowest BCUT2D eigenvalue weighted by Crippen LogP contribution is -2.47. The molecule has 2 aliphatic rings. The lowest BCUT2D eigenvalue weighted by molar-refractivity contribution is -0.124. The van der Waals surface area contributed by atoms with E-state index in [1.807, 2.05) is 17.0 Å². The molecule has 1 atom stereocenters. The van der Waals surface area contributed by atoms with Gasteiger partial charge in [0, 0.05) is 50.0 Å². The highest BCUT2D eigenvalue weighted by molar-refractivity contribution is 7.80. The quantitative estimate of drug-likeness (QED) is 0.312. The smallest absolute Gasteiger partial charge is 0.256 e. The Morgan fingerprint density at radius 1 is 0.952 bits per heavy atom. The minimum absolute atomic E-state index is 0.0137. The summed E-state index contributed by atoms with van der Waals surface area (Å²) in [5.74, 6) is 0.223. The maximum atomic E-state index is 13.7. The minimum atomic E-state index is -0.697. The van der Waals surface area contributed by atoms with Crippen molar-refractivity contribution in [3.63, 3.8) is 0 Å². The Bertz CT molecular complexity index is 1380. The lowest BCUT2D eigenvalue weighted by Gasteiger charge is -2.35. The number of nitrogens with zero attached hydrogens (tertiary/aromatic N) is 4. The molecule has 3 aromatic carbocycles. The SMILES string of the molecule is COc1ccc(NC(=O)CC2C(=O)N(c3cccc(Cl)c3)C(=S)N2CCCN2CCN(Cc3ccccc3)CC2)cc1. The molecule has 8 nitrogen and oxygen atoms in total. The summed E-state index contributed by atoms with van der Waals surface area (Å²) in [6.45, 7) is 6.48. The van der Waals surface area contributed by atoms with E-state index in [1.54, 1.807) is 49.6 Å². The van der Waals surface area contributed by atoms with E-state index in [4.69, 9.17) is 28.6 Å². The van der Waals surface area contributed by atoms with Gasteiger partial charge in [0.1, 0.15) is 11.8 Å². The number of rotatable bonds is 11. The van der Waals surface area contributed by atoms with Gasteiger partial charge in [-0.15, -0.1) is 0 Å². The first kappa shape index (κ1) is 30.0. The van der Waals surface area contributed by atoms with Crippen LogP contribution in [-0.2, 0) is 16.1 Å². The number of carbonyl (C=O) groups is 2. The maximum Gasteiger partial charge on any atom is 0.256 e. The number of halogens is 1. The van der Waals surface area contributed by atoms with Crippen LogP contribution in [0.5, 0.6) is 5.75 Å². The molecule has 0 aromatic heterocycles. The number of hydrogen-bond acceptors (Lipinski definition) is 6. The molecule has 3 aromatic rings. The van der Waals surface area contributed by atoms with Crippen molar-refractivity contribution in [2.45, 2.75) is 25.4 Å². The van der Waals surface area contributed by atoms with E-state index in [-0.39, 0.29) is 18.2 Å². The molecule has 1 unspecified atom stereocenters. The summed E-state index contributed by atoms with van der Waals surface area (Å²) in [5.41, 5.74) is 2.58. The van der Waals surface area contributed by atoms with Gasteiger partial charge in [0.15, 0.2) is 5.11 Å². The predicted molar refractivity (Wildman–Crippen MR) is 171 cm³/mol. The van der Waals surface area contributed by atoms with Crippen LogP contribution in [-0.4, -0.2) is 84.0 Å². The van der Waals surface area contributed by atoms with Crippen molar-refractivity contribution in [3.8, 4) is 5.75 Å². The van der Waals surface area contributed by atoms with Crippen molar-refractivity contribution in [2.75, 3.05) is 56.6 Å². The molecule has 0 radical (unpaired) electrons. The molecule has 2 amide bonds. The van der Waals surface area contributed by atoms with Gasteiger partial charge in [-0.2, -0.15) is 0 Å². The van der Waals surface area contributed by atoms with E-state index in [2.05, 4.69) is 39.4 Å². The van der Waals surface area contributed by atoms with Crippen LogP contribution in [0.1, 0.15) is 18.4 Å². The first-order valence-electron chi connectivity index (χ1n) is 14.2. The monoisotopic (exact) mass is 605 g/mol. The lowest BCUT2D eigenvalue weighted by atomic mass is 10.1. The fraction of sp³-hybridized carbons (Fsp3) is 0.344. The topological polar surface area (TPSA) is 68.4 Å². The van der Waals surface area contributed by atoms with Gasteiger partial charge in [-0.3, -0.25) is 19.4 Å². The first-order valence-corrected chi connectivity index (χ1v) is 15.0. The highest BCUT2D eigenvalue weighted by Crippen LogP contribution is 2.29. The van der Waals surface area contributed by atoms with E-state index in [1.165, 1.54) is 10.5 Å². The number of thiocarbonyl (C=S) groups is 1. The first-order chi connectivity index (χ1) is 20.4. The number of benzene rings is 3. The fourth-order valence-electron chi connectivity index (χ4n) is 5.48. The summed E-state index contributed by atoms with van der Waals surface area (Å²) < 4.78 is 5.20. The van der Waals surface area contributed by atoms with Crippen molar-refractivity contribution < 1.29 is 14.3 Å². The summed E-state index contributed by atoms with van der Waals surface area (Å²) in [6.07, 6.45) is 0.812. The number of carbonyl (C=O) groups excluding carboxylic acids is 2. The van der Waals surface area contributed by atoms with Gasteiger partial charge in [0.2, 0.25) is 5.91 Å². The zero-order valence-electron chi connectivity index (χ0n) is 23.7. The predicted octanol–water partition coefficient (Wildman–Crippen LogP) is 4.89. The normalized spacial score (nSPS) is 18.0. The molecule has 10 heteroatoms. The maximum absolute atomic E-state index is 13.7. The van der Waals surface area contributed by atoms with Gasteiger partial charge < -0.3 is 19.9 Å². The van der Waals surface area contributed by atoms with Gasteiger partial charge in [0.25, 0.3) is 5.91 Å². The standard InChI is InChI=1S/C32H36ClN5O3S/c1-41-28-13-11-26(12-14-28)34-30(39)22-29-31(40)38(27-10-5-9-25(33)21-27)32(42)37(29)16-6-15-35-17-19-36(20-18-35)23-24-7-3-2-4-8-24/h2-5,7-14,21,29H,6,15-20,22-23H2,1H3,(H,34,39). The van der Waals surface area contributed by atoms with E-state index >= 15 is 0 Å². The molecule has 2 aliphatic heterocycles. The minimum Gasteiger partial charge on any atom is -0.497 e. The van der Waals surface area contributed by atoms with Gasteiger partial charge >= 0.3 is 0 Å². The van der Waals surface area contributed by atoms with Crippen LogP contribution in [0.15, 0.2) is 78.9 Å². The number of nitrogens with one attached hydrogen (secondary N) is 1. The van der Waals surface area contributed by atoms with Gasteiger partial charge in [-0.1, -0.05) is 48.0 Å². The summed E-state index contributed by atoms with van der Waals surface area (Å²) in [7, 11) is 1.59. The van der Waals surface area contributed by atoms with E-state index < -0.39 is 6.04 Å². The number of anilines is 2. The number of piperazine rings is 1. The number of ether oxygens (including phenoxy) is 1. The molecule has 0 spiro atoms. The Kier molecular flexibility index (Phi) is 10.1. The summed E-state index contributed by atoms with van der Waals surface area (Å²) in [5, 5.41) is 3.82. The van der Waals surface area contributed by atoms with Crippen LogP contribution < -0.4 is 15.0 Å². The Balaban J connectivity index is 1.20. The van der Waals surface area contributed by atoms with Crippen LogP contribution in [0.4, 0.5) is 11.4 Å². The van der Waals surface area contributed by atoms with Crippen molar-refractivity contribution in [1.82, 2.24) is 14.7 Å². The number of amides is 2. The van der Waals surface area contributed by atoms with Crippen LogP contribution in [0, 0.1) is 0 Å².